The monoisotopic (exact) mass is 188 g/mol. The van der Waals surface area contributed by atoms with Crippen molar-refractivity contribution in [3.05, 3.63) is 0 Å². The number of hydrogen-bond acceptors (Lipinski definition) is 3. The van der Waals surface area contributed by atoms with Crippen LogP contribution in [0, 0.1) is 0 Å². The maximum absolute atomic E-state index is 11.2. The minimum Gasteiger partial charge on any atom is -0.453 e. The average molecular weight is 188 g/mol. The van der Waals surface area contributed by atoms with Crippen LogP contribution in [-0.2, 0) is 4.74 Å². The molecule has 0 aliphatic heterocycles. The second-order valence-corrected chi connectivity index (χ2v) is 3.26. The summed E-state index contributed by atoms with van der Waals surface area (Å²) in [6.07, 6.45) is 0.728. The third-order valence-electron chi connectivity index (χ3n) is 1.74. The van der Waals surface area contributed by atoms with E-state index in [9.17, 15) is 4.79 Å². The summed E-state index contributed by atoms with van der Waals surface area (Å²) in [6.45, 7) is 4.41. The number of methoxy groups -OCH3 is 1. The topological polar surface area (TPSA) is 32.8 Å². The number of likely N-dealkylation sites (N-methyl/N-ethyl adjacent to an activating group) is 1. The van der Waals surface area contributed by atoms with E-state index in [-0.39, 0.29) is 6.09 Å². The number of amides is 1. The Bertz CT molecular complexity index is 149. The molecule has 0 radical (unpaired) electrons. The molecule has 0 saturated carbocycles. The van der Waals surface area contributed by atoms with E-state index in [1.165, 1.54) is 7.11 Å². The Labute approximate surface area is 80.5 Å². The molecule has 4 heteroatoms. The molecule has 1 amide bonds. The largest absolute Gasteiger partial charge is 0.453 e. The summed E-state index contributed by atoms with van der Waals surface area (Å²) >= 11 is 0. The van der Waals surface area contributed by atoms with E-state index in [0.29, 0.717) is 0 Å². The fourth-order valence-electron chi connectivity index (χ4n) is 1.01. The van der Waals surface area contributed by atoms with Crippen molar-refractivity contribution < 1.29 is 9.53 Å². The van der Waals surface area contributed by atoms with Gasteiger partial charge in [-0.15, -0.1) is 0 Å². The molecule has 0 heterocycles. The lowest BCUT2D eigenvalue weighted by Gasteiger charge is -2.22. The van der Waals surface area contributed by atoms with Crippen LogP contribution < -0.4 is 0 Å². The first-order chi connectivity index (χ1) is 6.11. The molecular formula is C9H20N2O2. The average Bonchev–Trinajstić information content (AvgIpc) is 2.10. The molecule has 0 rings (SSSR count). The minimum atomic E-state index is -0.233. The molecule has 0 aliphatic carbocycles. The Morgan fingerprint density at radius 2 is 1.85 bits per heavy atom. The lowest BCUT2D eigenvalue weighted by atomic mass is 10.4. The molecule has 78 valence electrons. The smallest absolute Gasteiger partial charge is 0.409 e. The van der Waals surface area contributed by atoms with Gasteiger partial charge in [0.15, 0.2) is 0 Å². The zero-order chi connectivity index (χ0) is 10.3. The predicted molar refractivity (Wildman–Crippen MR) is 52.8 cm³/mol. The summed E-state index contributed by atoms with van der Waals surface area (Å²) in [7, 11) is 5.39. The molecule has 0 N–H and O–H groups in total. The van der Waals surface area contributed by atoms with Crippen molar-refractivity contribution in [1.29, 1.82) is 0 Å². The Kier molecular flexibility index (Phi) is 6.32. The standard InChI is InChI=1S/C9H20N2O2/c1-5-6-11(9(12)13-4)8-7-10(2)3/h5-8H2,1-4H3. The number of nitrogens with zero attached hydrogens (tertiary/aromatic N) is 2. The highest BCUT2D eigenvalue weighted by molar-refractivity contribution is 5.67. The molecular weight excluding hydrogens is 168 g/mol. The van der Waals surface area contributed by atoms with E-state index in [4.69, 9.17) is 0 Å². The third-order valence-corrected chi connectivity index (χ3v) is 1.74. The van der Waals surface area contributed by atoms with Crippen molar-refractivity contribution >= 4 is 6.09 Å². The quantitative estimate of drug-likeness (QED) is 0.646. The molecule has 0 aromatic carbocycles. The highest BCUT2D eigenvalue weighted by Crippen LogP contribution is 1.95. The van der Waals surface area contributed by atoms with Gasteiger partial charge in [-0.05, 0) is 20.5 Å². The van der Waals surface area contributed by atoms with Gasteiger partial charge < -0.3 is 14.5 Å². The first-order valence-corrected chi connectivity index (χ1v) is 4.59. The molecule has 0 aliphatic rings. The van der Waals surface area contributed by atoms with Crippen LogP contribution in [0.25, 0.3) is 0 Å². The molecule has 0 saturated heterocycles. The van der Waals surface area contributed by atoms with Crippen LogP contribution >= 0.6 is 0 Å². The van der Waals surface area contributed by atoms with Crippen molar-refractivity contribution in [3.8, 4) is 0 Å². The van der Waals surface area contributed by atoms with E-state index >= 15 is 0 Å². The molecule has 0 atom stereocenters. The fraction of sp³-hybridized carbons (Fsp3) is 0.889. The lowest BCUT2D eigenvalue weighted by Crippen LogP contribution is -2.37. The maximum Gasteiger partial charge on any atom is 0.409 e. The summed E-state index contributed by atoms with van der Waals surface area (Å²) in [5, 5.41) is 0. The van der Waals surface area contributed by atoms with Gasteiger partial charge in [0, 0.05) is 19.6 Å². The second kappa shape index (κ2) is 6.71. The number of ether oxygens (including phenoxy) is 1. The SMILES string of the molecule is CCCN(CCN(C)C)C(=O)OC. The molecule has 0 bridgehead atoms. The Balaban J connectivity index is 3.86. The van der Waals surface area contributed by atoms with Crippen molar-refractivity contribution in [2.24, 2.45) is 0 Å². The molecule has 4 nitrogen and oxygen atoms in total. The van der Waals surface area contributed by atoms with Crippen LogP contribution in [-0.4, -0.2) is 56.7 Å². The molecule has 13 heavy (non-hydrogen) atoms. The van der Waals surface area contributed by atoms with Crippen LogP contribution in [0.5, 0.6) is 0 Å². The van der Waals surface area contributed by atoms with E-state index in [1.807, 2.05) is 25.9 Å². The zero-order valence-corrected chi connectivity index (χ0v) is 9.04. The number of hydrogen-bond donors (Lipinski definition) is 0. The lowest BCUT2D eigenvalue weighted by molar-refractivity contribution is 0.120. The van der Waals surface area contributed by atoms with Crippen molar-refractivity contribution in [2.75, 3.05) is 40.8 Å². The van der Waals surface area contributed by atoms with Gasteiger partial charge in [-0.3, -0.25) is 0 Å². The molecule has 0 fully saturated rings. The van der Waals surface area contributed by atoms with Crippen LogP contribution in [0.3, 0.4) is 0 Å². The van der Waals surface area contributed by atoms with Crippen molar-refractivity contribution in [2.45, 2.75) is 13.3 Å². The summed E-state index contributed by atoms with van der Waals surface area (Å²) in [5.41, 5.74) is 0. The minimum absolute atomic E-state index is 0.233. The summed E-state index contributed by atoms with van der Waals surface area (Å²) in [5.74, 6) is 0. The molecule has 0 aromatic rings. The number of carbonyl (C=O) groups is 1. The van der Waals surface area contributed by atoms with E-state index < -0.39 is 0 Å². The third kappa shape index (κ3) is 5.47. The van der Waals surface area contributed by atoms with Gasteiger partial charge >= 0.3 is 6.09 Å². The first-order valence-electron chi connectivity index (χ1n) is 4.59. The highest BCUT2D eigenvalue weighted by atomic mass is 16.5. The van der Waals surface area contributed by atoms with E-state index in [1.54, 1.807) is 4.90 Å². The van der Waals surface area contributed by atoms with Crippen LogP contribution in [0.4, 0.5) is 4.79 Å². The normalized spacial score (nSPS) is 10.2. The summed E-state index contributed by atoms with van der Waals surface area (Å²) in [4.78, 5) is 15.0. The first kappa shape index (κ1) is 12.2. The van der Waals surface area contributed by atoms with E-state index in [2.05, 4.69) is 4.74 Å². The Morgan fingerprint density at radius 3 is 2.23 bits per heavy atom. The van der Waals surface area contributed by atoms with E-state index in [0.717, 1.165) is 26.1 Å². The Hall–Kier alpha value is -0.770. The number of carbonyl (C=O) groups excluding carboxylic acids is 1. The van der Waals surface area contributed by atoms with Gasteiger partial charge in [-0.25, -0.2) is 4.79 Å². The van der Waals surface area contributed by atoms with Crippen LogP contribution in [0.2, 0.25) is 0 Å². The van der Waals surface area contributed by atoms with Gasteiger partial charge in [0.05, 0.1) is 7.11 Å². The zero-order valence-electron chi connectivity index (χ0n) is 9.04. The van der Waals surface area contributed by atoms with Gasteiger partial charge in [0.25, 0.3) is 0 Å². The van der Waals surface area contributed by atoms with Gasteiger partial charge in [-0.2, -0.15) is 0 Å². The van der Waals surface area contributed by atoms with Crippen molar-refractivity contribution in [1.82, 2.24) is 9.80 Å². The predicted octanol–water partition coefficient (Wildman–Crippen LogP) is 1.03. The molecule has 0 spiro atoms. The summed E-state index contributed by atoms with van der Waals surface area (Å²) in [6, 6.07) is 0. The van der Waals surface area contributed by atoms with Crippen LogP contribution in [0.1, 0.15) is 13.3 Å². The second-order valence-electron chi connectivity index (χ2n) is 3.26. The maximum atomic E-state index is 11.2. The highest BCUT2D eigenvalue weighted by Gasteiger charge is 2.11. The molecule has 0 unspecified atom stereocenters. The van der Waals surface area contributed by atoms with Gasteiger partial charge in [0.1, 0.15) is 0 Å². The van der Waals surface area contributed by atoms with Crippen LogP contribution in [0.15, 0.2) is 0 Å². The Morgan fingerprint density at radius 1 is 1.23 bits per heavy atom. The van der Waals surface area contributed by atoms with Crippen molar-refractivity contribution in [3.63, 3.8) is 0 Å². The summed E-state index contributed by atoms with van der Waals surface area (Å²) < 4.78 is 4.67. The number of rotatable bonds is 5. The van der Waals surface area contributed by atoms with Gasteiger partial charge in [-0.1, -0.05) is 6.92 Å². The fourth-order valence-corrected chi connectivity index (χ4v) is 1.01. The molecule has 0 aromatic heterocycles. The van der Waals surface area contributed by atoms with Gasteiger partial charge in [0.2, 0.25) is 0 Å².